The fourth-order valence-electron chi connectivity index (χ4n) is 3.91. The highest BCUT2D eigenvalue weighted by Crippen LogP contribution is 2.40. The molecule has 2 aliphatic rings. The average molecular weight is 417 g/mol. The number of rotatable bonds is 4. The number of nitrogens with zero attached hydrogens (tertiary/aromatic N) is 3. The summed E-state index contributed by atoms with van der Waals surface area (Å²) in [4.78, 5) is 30.2. The number of hydrogen-bond acceptors (Lipinski definition) is 4. The first-order chi connectivity index (χ1) is 14.1. The number of aromatic nitrogens is 1. The molecule has 0 radical (unpaired) electrons. The number of anilines is 1. The third-order valence-corrected chi connectivity index (χ3v) is 5.51. The molecular formula is C22H25F2N3O3. The molecule has 1 N–H and O–H groups in total. The fraction of sp³-hybridized carbons (Fsp3) is 0.500. The van der Waals surface area contributed by atoms with Crippen LogP contribution in [0.3, 0.4) is 0 Å². The first kappa shape index (κ1) is 20.5. The van der Waals surface area contributed by atoms with Crippen LogP contribution in [0.15, 0.2) is 22.1 Å². The number of carboxylic acid groups (broad SMARTS) is 1. The molecule has 2 fully saturated rings. The van der Waals surface area contributed by atoms with Gasteiger partial charge in [-0.15, -0.1) is 0 Å². The van der Waals surface area contributed by atoms with Crippen molar-refractivity contribution in [2.24, 2.45) is 10.4 Å². The van der Waals surface area contributed by atoms with Crippen molar-refractivity contribution >= 4 is 28.8 Å². The van der Waals surface area contributed by atoms with Gasteiger partial charge >= 0.3 is 5.97 Å². The number of pyridine rings is 1. The molecule has 1 saturated carbocycles. The number of aliphatic imine (C=N–C) groups is 1. The summed E-state index contributed by atoms with van der Waals surface area (Å²) in [6.07, 6.45) is 5.26. The van der Waals surface area contributed by atoms with Crippen LogP contribution in [-0.4, -0.2) is 41.0 Å². The standard InChI is InChI=1S/C22H25F2N3O3/c1-22(2,3)11-25-12-6-7-26(9-12)19-16(23)8-14-18(17(19)24)27(13-4-5-13)10-15(20(14)28)21(29)30/h8,10-13H,4-7,9H2,1-3H3,(H,29,30). The van der Waals surface area contributed by atoms with Crippen molar-refractivity contribution in [2.75, 3.05) is 18.0 Å². The molecule has 1 saturated heterocycles. The summed E-state index contributed by atoms with van der Waals surface area (Å²) in [5, 5.41) is 9.10. The third-order valence-electron chi connectivity index (χ3n) is 5.51. The van der Waals surface area contributed by atoms with E-state index in [-0.39, 0.29) is 34.1 Å². The lowest BCUT2D eigenvalue weighted by atomic mass is 9.99. The second kappa shape index (κ2) is 7.18. The minimum atomic E-state index is -1.40. The van der Waals surface area contributed by atoms with Gasteiger partial charge in [0.25, 0.3) is 0 Å². The van der Waals surface area contributed by atoms with E-state index in [2.05, 4.69) is 4.99 Å². The van der Waals surface area contributed by atoms with Crippen LogP contribution in [0.4, 0.5) is 14.5 Å². The van der Waals surface area contributed by atoms with E-state index in [0.29, 0.717) is 19.5 Å². The van der Waals surface area contributed by atoms with Crippen LogP contribution in [0, 0.1) is 17.0 Å². The molecular weight excluding hydrogens is 392 g/mol. The monoisotopic (exact) mass is 417 g/mol. The summed E-state index contributed by atoms with van der Waals surface area (Å²) in [5.41, 5.74) is -1.61. The van der Waals surface area contributed by atoms with Crippen molar-refractivity contribution in [3.63, 3.8) is 0 Å². The molecule has 1 aromatic carbocycles. The Morgan fingerprint density at radius 1 is 1.27 bits per heavy atom. The van der Waals surface area contributed by atoms with Crippen LogP contribution >= 0.6 is 0 Å². The number of carboxylic acids is 1. The zero-order valence-corrected chi connectivity index (χ0v) is 17.3. The van der Waals surface area contributed by atoms with Crippen molar-refractivity contribution in [1.82, 2.24) is 4.57 Å². The molecule has 1 aliphatic carbocycles. The second-order valence-electron chi connectivity index (χ2n) is 9.27. The van der Waals surface area contributed by atoms with E-state index in [0.717, 1.165) is 18.9 Å². The highest BCUT2D eigenvalue weighted by atomic mass is 19.1. The molecule has 160 valence electrons. The molecule has 0 amide bonds. The molecule has 30 heavy (non-hydrogen) atoms. The maximum Gasteiger partial charge on any atom is 0.341 e. The zero-order valence-electron chi connectivity index (χ0n) is 17.3. The minimum absolute atomic E-state index is 0.0226. The predicted octanol–water partition coefficient (Wildman–Crippen LogP) is 4.01. The molecule has 1 atom stereocenters. The molecule has 4 rings (SSSR count). The average Bonchev–Trinajstić information content (AvgIpc) is 3.39. The number of halogens is 2. The highest BCUT2D eigenvalue weighted by Gasteiger charge is 2.32. The van der Waals surface area contributed by atoms with E-state index < -0.39 is 28.6 Å². The van der Waals surface area contributed by atoms with Crippen molar-refractivity contribution in [1.29, 1.82) is 0 Å². The van der Waals surface area contributed by atoms with Crippen molar-refractivity contribution < 1.29 is 18.7 Å². The Morgan fingerprint density at radius 2 is 1.97 bits per heavy atom. The summed E-state index contributed by atoms with van der Waals surface area (Å²) in [6, 6.07) is 0.841. The fourth-order valence-corrected chi connectivity index (χ4v) is 3.91. The lowest BCUT2D eigenvalue weighted by Gasteiger charge is -2.22. The molecule has 1 aliphatic heterocycles. The Morgan fingerprint density at radius 3 is 2.57 bits per heavy atom. The SMILES string of the molecule is CC(C)(C)C=NC1CCN(c2c(F)cc3c(=O)c(C(=O)O)cn(C4CC4)c3c2F)C1. The molecule has 6 nitrogen and oxygen atoms in total. The molecule has 1 unspecified atom stereocenters. The summed E-state index contributed by atoms with van der Waals surface area (Å²) in [7, 11) is 0. The van der Waals surface area contributed by atoms with Gasteiger partial charge in [-0.2, -0.15) is 0 Å². The van der Waals surface area contributed by atoms with E-state index in [1.165, 1.54) is 10.8 Å². The molecule has 0 spiro atoms. The number of fused-ring (bicyclic) bond motifs is 1. The van der Waals surface area contributed by atoms with E-state index in [4.69, 9.17) is 0 Å². The lowest BCUT2D eigenvalue weighted by Crippen LogP contribution is -2.25. The number of benzene rings is 1. The van der Waals surface area contributed by atoms with Crippen molar-refractivity contribution in [3.05, 3.63) is 39.7 Å². The summed E-state index contributed by atoms with van der Waals surface area (Å²) < 4.78 is 32.1. The van der Waals surface area contributed by atoms with E-state index in [1.54, 1.807) is 4.90 Å². The van der Waals surface area contributed by atoms with Gasteiger partial charge in [-0.05, 0) is 30.7 Å². The normalized spacial score (nSPS) is 19.9. The van der Waals surface area contributed by atoms with Gasteiger partial charge < -0.3 is 14.6 Å². The Kier molecular flexibility index (Phi) is 4.91. The smallest absolute Gasteiger partial charge is 0.341 e. The molecule has 8 heteroatoms. The Labute approximate surface area is 172 Å². The lowest BCUT2D eigenvalue weighted by molar-refractivity contribution is 0.0694. The Hall–Kier alpha value is -2.77. The Balaban J connectivity index is 1.80. The maximum absolute atomic E-state index is 15.6. The van der Waals surface area contributed by atoms with Crippen LogP contribution in [0.25, 0.3) is 10.9 Å². The van der Waals surface area contributed by atoms with Crippen LogP contribution in [-0.2, 0) is 0 Å². The molecule has 0 bridgehead atoms. The number of hydrogen-bond donors (Lipinski definition) is 1. The summed E-state index contributed by atoms with van der Waals surface area (Å²) >= 11 is 0. The zero-order chi connectivity index (χ0) is 21.8. The summed E-state index contributed by atoms with van der Waals surface area (Å²) in [5.74, 6) is -3.07. The largest absolute Gasteiger partial charge is 0.477 e. The Bertz CT molecular complexity index is 1110. The van der Waals surface area contributed by atoms with Gasteiger partial charge in [0.2, 0.25) is 5.43 Å². The quantitative estimate of drug-likeness (QED) is 0.763. The van der Waals surface area contributed by atoms with Gasteiger partial charge in [0, 0.05) is 31.5 Å². The van der Waals surface area contributed by atoms with Gasteiger partial charge in [-0.3, -0.25) is 9.79 Å². The first-order valence-electron chi connectivity index (χ1n) is 10.2. The van der Waals surface area contributed by atoms with Gasteiger partial charge in [0.15, 0.2) is 5.82 Å². The van der Waals surface area contributed by atoms with Gasteiger partial charge in [0.05, 0.1) is 16.9 Å². The topological polar surface area (TPSA) is 74.9 Å². The first-order valence-corrected chi connectivity index (χ1v) is 10.2. The van der Waals surface area contributed by atoms with Gasteiger partial charge in [-0.1, -0.05) is 20.8 Å². The van der Waals surface area contributed by atoms with Crippen molar-refractivity contribution in [3.8, 4) is 0 Å². The maximum atomic E-state index is 15.6. The second-order valence-corrected chi connectivity index (χ2v) is 9.27. The van der Waals surface area contributed by atoms with Crippen molar-refractivity contribution in [2.45, 2.75) is 52.1 Å². The summed E-state index contributed by atoms with van der Waals surface area (Å²) in [6.45, 7) is 6.94. The highest BCUT2D eigenvalue weighted by molar-refractivity contribution is 5.94. The van der Waals surface area contributed by atoms with Gasteiger partial charge in [-0.25, -0.2) is 13.6 Å². The van der Waals surface area contributed by atoms with E-state index in [1.807, 2.05) is 27.0 Å². The molecule has 1 aromatic heterocycles. The van der Waals surface area contributed by atoms with Crippen LogP contribution in [0.5, 0.6) is 0 Å². The van der Waals surface area contributed by atoms with Gasteiger partial charge in [0.1, 0.15) is 17.1 Å². The van der Waals surface area contributed by atoms with E-state index >= 15 is 4.39 Å². The van der Waals surface area contributed by atoms with E-state index in [9.17, 15) is 19.1 Å². The minimum Gasteiger partial charge on any atom is -0.477 e. The number of aromatic carboxylic acids is 1. The van der Waals surface area contributed by atoms with Crippen LogP contribution < -0.4 is 10.3 Å². The third kappa shape index (κ3) is 3.70. The number of carbonyl (C=O) groups is 1. The predicted molar refractivity (Wildman–Crippen MR) is 112 cm³/mol. The molecule has 2 aromatic rings. The van der Waals surface area contributed by atoms with Crippen LogP contribution in [0.1, 0.15) is 56.4 Å². The molecule has 2 heterocycles. The van der Waals surface area contributed by atoms with Crippen LogP contribution in [0.2, 0.25) is 0 Å².